The molecule has 2 N–H and O–H groups in total. The fraction of sp³-hybridized carbons (Fsp3) is 0.435. The largest absolute Gasteiger partial charge is 0.378 e. The van der Waals surface area contributed by atoms with Gasteiger partial charge in [-0.05, 0) is 61.4 Å². The number of alkyl halides is 4. The Bertz CT molecular complexity index is 1090. The SMILES string of the molecule is CC#Cc1cccc(-c2csc(C3(C)N=C(N)SC4(CCC(F)(F)CC4)C3(F)F)c2)c1. The first-order valence-corrected chi connectivity index (χ1v) is 11.6. The summed E-state index contributed by atoms with van der Waals surface area (Å²) in [5, 5.41) is 1.83. The van der Waals surface area contributed by atoms with E-state index in [4.69, 9.17) is 5.73 Å². The van der Waals surface area contributed by atoms with Gasteiger partial charge in [0.2, 0.25) is 5.92 Å². The molecular formula is C23H22F4N2S2. The van der Waals surface area contributed by atoms with Gasteiger partial charge in [0.1, 0.15) is 0 Å². The average Bonchev–Trinajstić information content (AvgIpc) is 3.20. The fourth-order valence-electron chi connectivity index (χ4n) is 4.33. The van der Waals surface area contributed by atoms with Crippen molar-refractivity contribution in [3.05, 3.63) is 46.2 Å². The molecular weight excluding hydrogens is 444 g/mol. The van der Waals surface area contributed by atoms with Crippen LogP contribution in [0.4, 0.5) is 17.6 Å². The lowest BCUT2D eigenvalue weighted by Gasteiger charge is -2.52. The summed E-state index contributed by atoms with van der Waals surface area (Å²) in [7, 11) is 0. The summed E-state index contributed by atoms with van der Waals surface area (Å²) < 4.78 is 57.9. The van der Waals surface area contributed by atoms with Gasteiger partial charge >= 0.3 is 0 Å². The van der Waals surface area contributed by atoms with Gasteiger partial charge in [-0.3, -0.25) is 0 Å². The summed E-state index contributed by atoms with van der Waals surface area (Å²) >= 11 is 1.94. The normalized spacial score (nSPS) is 26.1. The number of hydrogen-bond donors (Lipinski definition) is 1. The number of amidine groups is 1. The molecule has 1 aliphatic heterocycles. The van der Waals surface area contributed by atoms with Crippen LogP contribution >= 0.6 is 23.1 Å². The minimum atomic E-state index is -3.35. The Hall–Kier alpha value is -1.98. The van der Waals surface area contributed by atoms with E-state index in [1.807, 2.05) is 29.6 Å². The standard InChI is InChI=1S/C23H22F4N2S2/c1-3-5-15-6-4-7-16(12-15)17-13-18(30-14-17)20(2)23(26,27)21(31-19(28)29-20)8-10-22(24,25)11-9-21/h4,6-7,12-14H,8-11H2,1-2H3,(H2,28,29). The highest BCUT2D eigenvalue weighted by atomic mass is 32.2. The highest BCUT2D eigenvalue weighted by Gasteiger charge is 2.69. The van der Waals surface area contributed by atoms with E-state index in [-0.39, 0.29) is 18.0 Å². The molecule has 0 saturated heterocycles. The third-order valence-corrected chi connectivity index (χ3v) is 8.65. The van der Waals surface area contributed by atoms with Gasteiger partial charge in [-0.1, -0.05) is 29.8 Å². The maximum atomic E-state index is 16.0. The van der Waals surface area contributed by atoms with Gasteiger partial charge in [-0.15, -0.1) is 17.3 Å². The lowest BCUT2D eigenvalue weighted by atomic mass is 9.74. The number of hydrogen-bond acceptors (Lipinski definition) is 4. The second-order valence-electron chi connectivity index (χ2n) is 8.20. The van der Waals surface area contributed by atoms with Crippen molar-refractivity contribution in [2.75, 3.05) is 0 Å². The lowest BCUT2D eigenvalue weighted by Crippen LogP contribution is -2.62. The van der Waals surface area contributed by atoms with Crippen molar-refractivity contribution in [1.82, 2.24) is 0 Å². The molecule has 1 fully saturated rings. The van der Waals surface area contributed by atoms with E-state index in [1.54, 1.807) is 13.0 Å². The van der Waals surface area contributed by atoms with Crippen LogP contribution in [-0.4, -0.2) is 21.8 Å². The molecule has 31 heavy (non-hydrogen) atoms. The van der Waals surface area contributed by atoms with E-state index in [0.717, 1.165) is 28.5 Å². The monoisotopic (exact) mass is 466 g/mol. The maximum Gasteiger partial charge on any atom is 0.292 e. The van der Waals surface area contributed by atoms with Gasteiger partial charge in [-0.2, -0.15) is 0 Å². The fourth-order valence-corrected chi connectivity index (χ4v) is 6.75. The number of benzene rings is 1. The van der Waals surface area contributed by atoms with Crippen molar-refractivity contribution >= 4 is 28.3 Å². The molecule has 8 heteroatoms. The molecule has 1 atom stereocenters. The second kappa shape index (κ2) is 7.56. The number of nitrogens with two attached hydrogens (primary N) is 1. The van der Waals surface area contributed by atoms with Gasteiger partial charge in [0.25, 0.3) is 5.92 Å². The molecule has 2 heterocycles. The van der Waals surface area contributed by atoms with Crippen molar-refractivity contribution in [2.45, 2.75) is 61.7 Å². The van der Waals surface area contributed by atoms with Crippen molar-refractivity contribution in [2.24, 2.45) is 10.7 Å². The summed E-state index contributed by atoms with van der Waals surface area (Å²) in [6.45, 7) is 3.11. The van der Waals surface area contributed by atoms with E-state index in [2.05, 4.69) is 16.8 Å². The van der Waals surface area contributed by atoms with E-state index < -0.39 is 35.0 Å². The highest BCUT2D eigenvalue weighted by Crippen LogP contribution is 2.62. The molecule has 164 valence electrons. The minimum Gasteiger partial charge on any atom is -0.378 e. The molecule has 4 rings (SSSR count). The third kappa shape index (κ3) is 3.66. The second-order valence-corrected chi connectivity index (χ2v) is 10.5. The van der Waals surface area contributed by atoms with Crippen LogP contribution in [0.25, 0.3) is 11.1 Å². The minimum absolute atomic E-state index is 0.0220. The van der Waals surface area contributed by atoms with Crippen LogP contribution < -0.4 is 5.73 Å². The number of rotatable bonds is 2. The quantitative estimate of drug-likeness (QED) is 0.398. The number of halogens is 4. The number of nitrogens with zero attached hydrogens (tertiary/aromatic N) is 1. The Kier molecular flexibility index (Phi) is 5.42. The number of aliphatic imine (C=N–C) groups is 1. The Morgan fingerprint density at radius 1 is 1.03 bits per heavy atom. The summed E-state index contributed by atoms with van der Waals surface area (Å²) in [6.07, 6.45) is -1.75. The molecule has 2 nitrogen and oxygen atoms in total. The van der Waals surface area contributed by atoms with Crippen LogP contribution in [0, 0.1) is 11.8 Å². The van der Waals surface area contributed by atoms with Gasteiger partial charge in [-0.25, -0.2) is 22.6 Å². The van der Waals surface area contributed by atoms with Crippen molar-refractivity contribution in [3.63, 3.8) is 0 Å². The van der Waals surface area contributed by atoms with Crippen molar-refractivity contribution < 1.29 is 17.6 Å². The van der Waals surface area contributed by atoms with E-state index in [0.29, 0.717) is 4.88 Å². The maximum absolute atomic E-state index is 16.0. The summed E-state index contributed by atoms with van der Waals surface area (Å²) in [5.41, 5.74) is 6.56. The van der Waals surface area contributed by atoms with E-state index in [9.17, 15) is 8.78 Å². The lowest BCUT2D eigenvalue weighted by molar-refractivity contribution is -0.136. The van der Waals surface area contributed by atoms with Gasteiger partial charge in [0, 0.05) is 23.3 Å². The summed E-state index contributed by atoms with van der Waals surface area (Å²) in [5.74, 6) is -0.421. The van der Waals surface area contributed by atoms with Crippen molar-refractivity contribution in [1.29, 1.82) is 0 Å². The highest BCUT2D eigenvalue weighted by molar-refractivity contribution is 8.15. The third-order valence-electron chi connectivity index (χ3n) is 6.15. The van der Waals surface area contributed by atoms with Crippen LogP contribution in [0.5, 0.6) is 0 Å². The zero-order valence-electron chi connectivity index (χ0n) is 17.1. The summed E-state index contributed by atoms with van der Waals surface area (Å²) in [4.78, 5) is 4.55. The van der Waals surface area contributed by atoms with Crippen molar-refractivity contribution in [3.8, 4) is 23.0 Å². The molecule has 1 unspecified atom stereocenters. The molecule has 2 aliphatic rings. The van der Waals surface area contributed by atoms with E-state index in [1.165, 1.54) is 18.3 Å². The Labute approximate surface area is 187 Å². The average molecular weight is 467 g/mol. The first kappa shape index (κ1) is 22.2. The first-order valence-electron chi connectivity index (χ1n) is 9.94. The zero-order valence-corrected chi connectivity index (χ0v) is 18.8. The van der Waals surface area contributed by atoms with Gasteiger partial charge < -0.3 is 5.73 Å². The topological polar surface area (TPSA) is 38.4 Å². The number of thiophene rings is 1. The molecule has 0 amide bonds. The molecule has 2 aromatic rings. The molecule has 1 saturated carbocycles. The smallest absolute Gasteiger partial charge is 0.292 e. The molecule has 0 bridgehead atoms. The van der Waals surface area contributed by atoms with Crippen LogP contribution in [0.1, 0.15) is 50.0 Å². The van der Waals surface area contributed by atoms with Gasteiger partial charge in [0.15, 0.2) is 10.7 Å². The predicted molar refractivity (Wildman–Crippen MR) is 120 cm³/mol. The van der Waals surface area contributed by atoms with Crippen LogP contribution in [0.2, 0.25) is 0 Å². The summed E-state index contributed by atoms with van der Waals surface area (Å²) in [6, 6.07) is 9.25. The Morgan fingerprint density at radius 3 is 2.42 bits per heavy atom. The molecule has 0 radical (unpaired) electrons. The molecule has 1 spiro atoms. The molecule has 1 aliphatic carbocycles. The van der Waals surface area contributed by atoms with Crippen LogP contribution in [-0.2, 0) is 5.54 Å². The Balaban J connectivity index is 1.74. The number of thioether (sulfide) groups is 1. The first-order chi connectivity index (χ1) is 14.5. The zero-order chi connectivity index (χ0) is 22.5. The van der Waals surface area contributed by atoms with Gasteiger partial charge in [0.05, 0.1) is 4.75 Å². The predicted octanol–water partition coefficient (Wildman–Crippen LogP) is 6.65. The molecule has 1 aromatic carbocycles. The van der Waals surface area contributed by atoms with E-state index >= 15 is 8.78 Å². The van der Waals surface area contributed by atoms with Crippen LogP contribution in [0.15, 0.2) is 40.7 Å². The molecule has 1 aromatic heterocycles. The van der Waals surface area contributed by atoms with Crippen LogP contribution in [0.3, 0.4) is 0 Å². The Morgan fingerprint density at radius 2 is 1.74 bits per heavy atom.